The molecule has 3 aromatic carbocycles. The van der Waals surface area contributed by atoms with Crippen molar-refractivity contribution in [1.82, 2.24) is 10.2 Å². The maximum atomic E-state index is 14.3. The Kier molecular flexibility index (Phi) is 7.33. The minimum atomic E-state index is -1.45. The highest BCUT2D eigenvalue weighted by atomic mass is 16.9. The largest absolute Gasteiger partial charge is 0.340 e. The Hall–Kier alpha value is -3.52. The topological polar surface area (TPSA) is 77.1 Å². The van der Waals surface area contributed by atoms with Crippen LogP contribution >= 0.6 is 0 Å². The predicted molar refractivity (Wildman–Crippen MR) is 148 cm³/mol. The van der Waals surface area contributed by atoms with E-state index in [1.165, 1.54) is 0 Å². The molecule has 1 N–H and O–H groups in total. The molecule has 204 valence electrons. The molecule has 7 heteroatoms. The van der Waals surface area contributed by atoms with Gasteiger partial charge in [0.1, 0.15) is 11.6 Å². The van der Waals surface area contributed by atoms with Crippen LogP contribution in [-0.2, 0) is 19.0 Å². The number of nitrogens with zero attached hydrogens (tertiary/aromatic N) is 1. The van der Waals surface area contributed by atoms with Gasteiger partial charge in [-0.2, -0.15) is 0 Å². The van der Waals surface area contributed by atoms with E-state index in [0.717, 1.165) is 11.1 Å². The molecule has 0 saturated carbocycles. The second kappa shape index (κ2) is 10.6. The summed E-state index contributed by atoms with van der Waals surface area (Å²) < 4.78 is 18.5. The molecule has 7 nitrogen and oxygen atoms in total. The molecule has 39 heavy (non-hydrogen) atoms. The zero-order valence-electron chi connectivity index (χ0n) is 22.9. The van der Waals surface area contributed by atoms with Gasteiger partial charge in [0, 0.05) is 11.0 Å². The number of fused-ring (bicyclic) bond motifs is 3. The van der Waals surface area contributed by atoms with Crippen LogP contribution in [0.2, 0.25) is 0 Å². The van der Waals surface area contributed by atoms with Crippen molar-refractivity contribution in [2.24, 2.45) is 5.41 Å². The highest BCUT2D eigenvalue weighted by Gasteiger charge is 2.57. The minimum Gasteiger partial charge on any atom is -0.340 e. The van der Waals surface area contributed by atoms with Crippen molar-refractivity contribution in [2.75, 3.05) is 19.8 Å². The summed E-state index contributed by atoms with van der Waals surface area (Å²) in [4.78, 5) is 29.9. The summed E-state index contributed by atoms with van der Waals surface area (Å²) in [6.45, 7) is 8.90. The summed E-state index contributed by atoms with van der Waals surface area (Å²) in [6, 6.07) is 27.1. The fourth-order valence-electron chi connectivity index (χ4n) is 5.28. The first kappa shape index (κ1) is 27.1. The van der Waals surface area contributed by atoms with Gasteiger partial charge in [0.25, 0.3) is 5.91 Å². The van der Waals surface area contributed by atoms with Gasteiger partial charge in [-0.05, 0) is 44.0 Å². The number of hydrogen-bond acceptors (Lipinski definition) is 5. The average molecular weight is 529 g/mol. The van der Waals surface area contributed by atoms with Crippen LogP contribution in [-0.4, -0.2) is 48.0 Å². The van der Waals surface area contributed by atoms with Crippen molar-refractivity contribution < 1.29 is 23.8 Å². The van der Waals surface area contributed by atoms with Crippen LogP contribution < -0.4 is 5.32 Å². The molecule has 3 saturated heterocycles. The number of hydrogen-bond donors (Lipinski definition) is 1. The monoisotopic (exact) mass is 528 g/mol. The number of amides is 2. The van der Waals surface area contributed by atoms with Gasteiger partial charge in [-0.3, -0.25) is 9.59 Å². The lowest BCUT2D eigenvalue weighted by molar-refractivity contribution is -0.475. The summed E-state index contributed by atoms with van der Waals surface area (Å²) in [5.41, 5.74) is 0.729. The summed E-state index contributed by atoms with van der Waals surface area (Å²) in [5, 5.41) is 3.16. The van der Waals surface area contributed by atoms with E-state index in [2.05, 4.69) is 5.32 Å². The van der Waals surface area contributed by atoms with Crippen molar-refractivity contribution in [3.8, 4) is 0 Å². The molecule has 6 rings (SSSR count). The van der Waals surface area contributed by atoms with Crippen LogP contribution in [0, 0.1) is 5.41 Å². The zero-order chi connectivity index (χ0) is 27.7. The third-order valence-electron chi connectivity index (χ3n) is 7.69. The van der Waals surface area contributed by atoms with Crippen LogP contribution in [0.4, 0.5) is 0 Å². The molecule has 3 aromatic rings. The van der Waals surface area contributed by atoms with Crippen LogP contribution in [0.1, 0.15) is 61.3 Å². The highest BCUT2D eigenvalue weighted by Crippen LogP contribution is 2.45. The maximum Gasteiger partial charge on any atom is 0.309 e. The third-order valence-corrected chi connectivity index (χ3v) is 7.69. The first-order chi connectivity index (χ1) is 18.7. The SMILES string of the molecule is C[C@@H](c1ccccc1)N(C(=O)c1ccccc1)C(C)(C)C(=O)N[C@@H](c1ccccc1)C12OCC(C)(CO1)CO2. The Morgan fingerprint density at radius 1 is 0.795 bits per heavy atom. The molecule has 3 fully saturated rings. The summed E-state index contributed by atoms with van der Waals surface area (Å²) >= 11 is 0. The van der Waals surface area contributed by atoms with Crippen molar-refractivity contribution in [3.05, 3.63) is 108 Å². The van der Waals surface area contributed by atoms with Gasteiger partial charge >= 0.3 is 5.97 Å². The lowest BCUT2D eigenvalue weighted by atomic mass is 9.89. The van der Waals surface area contributed by atoms with E-state index in [9.17, 15) is 9.59 Å². The fraction of sp³-hybridized carbons (Fsp3) is 0.375. The van der Waals surface area contributed by atoms with Crippen LogP contribution in [0.3, 0.4) is 0 Å². The third kappa shape index (κ3) is 5.22. The van der Waals surface area contributed by atoms with Crippen LogP contribution in [0.25, 0.3) is 0 Å². The number of benzene rings is 3. The molecule has 0 aromatic heterocycles. The van der Waals surface area contributed by atoms with Gasteiger partial charge in [0.15, 0.2) is 0 Å². The van der Waals surface area contributed by atoms with Crippen LogP contribution in [0.15, 0.2) is 91.0 Å². The molecule has 2 bridgehead atoms. The molecule has 0 radical (unpaired) electrons. The van der Waals surface area contributed by atoms with Gasteiger partial charge in [-0.15, -0.1) is 0 Å². The lowest BCUT2D eigenvalue weighted by Crippen LogP contribution is -2.66. The van der Waals surface area contributed by atoms with E-state index in [0.29, 0.717) is 25.4 Å². The Bertz CT molecular complexity index is 1270. The van der Waals surface area contributed by atoms with E-state index >= 15 is 0 Å². The molecule has 0 unspecified atom stereocenters. The lowest BCUT2D eigenvalue weighted by Gasteiger charge is -2.53. The maximum absolute atomic E-state index is 14.3. The van der Waals surface area contributed by atoms with Crippen molar-refractivity contribution in [3.63, 3.8) is 0 Å². The van der Waals surface area contributed by atoms with Crippen molar-refractivity contribution in [1.29, 1.82) is 0 Å². The molecule has 2 amide bonds. The van der Waals surface area contributed by atoms with Gasteiger partial charge in [0.05, 0.1) is 25.9 Å². The Balaban J connectivity index is 1.50. The standard InChI is InChI=1S/C32H36N2O5/c1-23(24-14-8-5-9-15-24)34(28(35)26-18-12-7-13-19-26)30(2,3)29(36)33-27(25-16-10-6-11-17-25)32-37-20-31(4,21-38-32)22-39-32/h5-19,23,27H,20-22H2,1-4H3,(H,33,36)/t23-,27-,31?,32?/m0/s1. The Morgan fingerprint density at radius 3 is 1.77 bits per heavy atom. The van der Waals surface area contributed by atoms with Gasteiger partial charge in [-0.1, -0.05) is 85.8 Å². The van der Waals surface area contributed by atoms with Gasteiger partial charge in [-0.25, -0.2) is 0 Å². The molecule has 3 aliphatic rings. The van der Waals surface area contributed by atoms with Crippen molar-refractivity contribution in [2.45, 2.75) is 51.3 Å². The first-order valence-corrected chi connectivity index (χ1v) is 13.4. The molecule has 3 aliphatic heterocycles. The van der Waals surface area contributed by atoms with E-state index in [4.69, 9.17) is 14.2 Å². The number of carbonyl (C=O) groups excluding carboxylic acids is 2. The first-order valence-electron chi connectivity index (χ1n) is 13.4. The van der Waals surface area contributed by atoms with E-state index in [-0.39, 0.29) is 23.3 Å². The second-order valence-corrected chi connectivity index (χ2v) is 11.3. The number of rotatable bonds is 8. The fourth-order valence-corrected chi connectivity index (χ4v) is 5.28. The number of carbonyl (C=O) groups is 2. The van der Waals surface area contributed by atoms with Crippen LogP contribution in [0.5, 0.6) is 0 Å². The van der Waals surface area contributed by atoms with Crippen molar-refractivity contribution >= 4 is 11.8 Å². The van der Waals surface area contributed by atoms with E-state index < -0.39 is 17.6 Å². The van der Waals surface area contributed by atoms with E-state index in [1.807, 2.05) is 92.7 Å². The Morgan fingerprint density at radius 2 is 1.26 bits per heavy atom. The number of nitrogens with one attached hydrogen (secondary N) is 1. The summed E-state index contributed by atoms with van der Waals surface area (Å²) in [7, 11) is 0. The molecule has 0 aliphatic carbocycles. The zero-order valence-corrected chi connectivity index (χ0v) is 22.9. The van der Waals surface area contributed by atoms with E-state index in [1.54, 1.807) is 30.9 Å². The average Bonchev–Trinajstić information content (AvgIpc) is 2.97. The Labute approximate surface area is 230 Å². The smallest absolute Gasteiger partial charge is 0.309 e. The van der Waals surface area contributed by atoms with Gasteiger partial charge in [0.2, 0.25) is 5.91 Å². The summed E-state index contributed by atoms with van der Waals surface area (Å²) in [5.74, 6) is -2.05. The molecular weight excluding hydrogens is 492 g/mol. The number of ether oxygens (including phenoxy) is 3. The predicted octanol–water partition coefficient (Wildman–Crippen LogP) is 5.26. The summed E-state index contributed by atoms with van der Waals surface area (Å²) in [6.07, 6.45) is 0. The second-order valence-electron chi connectivity index (χ2n) is 11.3. The molecule has 2 atom stereocenters. The van der Waals surface area contributed by atoms with Gasteiger partial charge < -0.3 is 24.4 Å². The molecule has 3 heterocycles. The minimum absolute atomic E-state index is 0.226. The quantitative estimate of drug-likeness (QED) is 0.432. The normalized spacial score (nSPS) is 24.0. The molecule has 0 spiro atoms. The molecular formula is C32H36N2O5. The highest BCUT2D eigenvalue weighted by molar-refractivity contribution is 5.99.